The smallest absolute Gasteiger partial charge is 0.281 e. The lowest BCUT2D eigenvalue weighted by Gasteiger charge is -1.93. The lowest BCUT2D eigenvalue weighted by atomic mass is 10.4. The fourth-order valence-corrected chi connectivity index (χ4v) is 0.322. The number of oxime groups is 1. The van der Waals surface area contributed by atoms with E-state index in [1.54, 1.807) is 0 Å². The van der Waals surface area contributed by atoms with Crippen LogP contribution >= 0.6 is 0 Å². The van der Waals surface area contributed by atoms with Crippen LogP contribution in [0.4, 0.5) is 0 Å². The van der Waals surface area contributed by atoms with Gasteiger partial charge in [0.15, 0.2) is 0 Å². The zero-order valence-electron chi connectivity index (χ0n) is 6.20. The van der Waals surface area contributed by atoms with E-state index in [2.05, 4.69) is 9.99 Å². The molecule has 0 heterocycles. The standard InChI is InChI=1S/C6H9N3O2/c1-2-3-11-9-5(4-7)6(8)10/h2-3H2,1H3,(H2,8,10). The SMILES string of the molecule is CCCON=C(C#N)C(N)=O. The van der Waals surface area contributed by atoms with Crippen molar-refractivity contribution in [1.82, 2.24) is 0 Å². The molecule has 0 aliphatic heterocycles. The van der Waals surface area contributed by atoms with Gasteiger partial charge in [0.2, 0.25) is 5.71 Å². The monoisotopic (exact) mass is 155 g/mol. The average molecular weight is 155 g/mol. The predicted octanol–water partition coefficient (Wildman–Crippen LogP) is -0.222. The van der Waals surface area contributed by atoms with Crippen molar-refractivity contribution in [2.75, 3.05) is 6.61 Å². The van der Waals surface area contributed by atoms with Crippen molar-refractivity contribution in [3.05, 3.63) is 0 Å². The molecule has 0 aromatic heterocycles. The van der Waals surface area contributed by atoms with Gasteiger partial charge in [-0.3, -0.25) is 4.79 Å². The fraction of sp³-hybridized carbons (Fsp3) is 0.500. The maximum atomic E-state index is 10.3. The van der Waals surface area contributed by atoms with E-state index >= 15 is 0 Å². The third-order valence-electron chi connectivity index (χ3n) is 0.791. The van der Waals surface area contributed by atoms with E-state index in [1.807, 2.05) is 6.92 Å². The van der Waals surface area contributed by atoms with Gasteiger partial charge in [-0.25, -0.2) is 0 Å². The molecular weight excluding hydrogens is 146 g/mol. The molecular formula is C6H9N3O2. The van der Waals surface area contributed by atoms with Gasteiger partial charge in [-0.15, -0.1) is 0 Å². The highest BCUT2D eigenvalue weighted by atomic mass is 16.6. The molecule has 0 bridgehead atoms. The van der Waals surface area contributed by atoms with Gasteiger partial charge in [0.05, 0.1) is 0 Å². The molecule has 11 heavy (non-hydrogen) atoms. The molecule has 0 aromatic rings. The summed E-state index contributed by atoms with van der Waals surface area (Å²) >= 11 is 0. The summed E-state index contributed by atoms with van der Waals surface area (Å²) in [6.07, 6.45) is 0.765. The summed E-state index contributed by atoms with van der Waals surface area (Å²) in [6.45, 7) is 2.25. The van der Waals surface area contributed by atoms with Gasteiger partial charge in [-0.2, -0.15) is 5.26 Å². The summed E-state index contributed by atoms with van der Waals surface area (Å²) in [5.74, 6) is -0.872. The number of hydrogen-bond acceptors (Lipinski definition) is 4. The normalized spacial score (nSPS) is 10.4. The molecule has 0 saturated heterocycles. The number of primary amides is 1. The van der Waals surface area contributed by atoms with Crippen LogP contribution in [0.5, 0.6) is 0 Å². The van der Waals surface area contributed by atoms with Crippen molar-refractivity contribution < 1.29 is 9.63 Å². The van der Waals surface area contributed by atoms with E-state index in [-0.39, 0.29) is 0 Å². The van der Waals surface area contributed by atoms with Crippen LogP contribution in [0.2, 0.25) is 0 Å². The maximum Gasteiger partial charge on any atom is 0.281 e. The Morgan fingerprint density at radius 2 is 2.45 bits per heavy atom. The number of carbonyl (C=O) groups excluding carboxylic acids is 1. The Kier molecular flexibility index (Phi) is 4.49. The third-order valence-corrected chi connectivity index (χ3v) is 0.791. The molecule has 0 aliphatic carbocycles. The highest BCUT2D eigenvalue weighted by molar-refractivity contribution is 6.44. The predicted molar refractivity (Wildman–Crippen MR) is 38.5 cm³/mol. The number of rotatable bonds is 4. The fourth-order valence-electron chi connectivity index (χ4n) is 0.322. The first-order chi connectivity index (χ1) is 5.22. The zero-order chi connectivity index (χ0) is 8.69. The summed E-state index contributed by atoms with van der Waals surface area (Å²) in [7, 11) is 0. The summed E-state index contributed by atoms with van der Waals surface area (Å²) in [4.78, 5) is 14.9. The number of nitrogens with two attached hydrogens (primary N) is 1. The van der Waals surface area contributed by atoms with Crippen molar-refractivity contribution in [3.63, 3.8) is 0 Å². The van der Waals surface area contributed by atoms with E-state index in [1.165, 1.54) is 6.07 Å². The minimum atomic E-state index is -0.872. The van der Waals surface area contributed by atoms with Crippen LogP contribution in [0.3, 0.4) is 0 Å². The van der Waals surface area contributed by atoms with E-state index in [0.717, 1.165) is 6.42 Å². The molecule has 0 aliphatic rings. The number of carbonyl (C=O) groups is 1. The molecule has 2 N–H and O–H groups in total. The maximum absolute atomic E-state index is 10.3. The van der Waals surface area contributed by atoms with E-state index < -0.39 is 11.6 Å². The van der Waals surface area contributed by atoms with Gasteiger partial charge in [-0.05, 0) is 6.42 Å². The Balaban J connectivity index is 3.95. The topological polar surface area (TPSA) is 88.5 Å². The minimum absolute atomic E-state index is 0.373. The van der Waals surface area contributed by atoms with Crippen LogP contribution in [-0.4, -0.2) is 18.2 Å². The molecule has 0 fully saturated rings. The second-order valence-electron chi connectivity index (χ2n) is 1.75. The van der Waals surface area contributed by atoms with Crippen LogP contribution in [0.25, 0.3) is 0 Å². The second kappa shape index (κ2) is 5.23. The van der Waals surface area contributed by atoms with E-state index in [4.69, 9.17) is 11.0 Å². The van der Waals surface area contributed by atoms with Gasteiger partial charge >= 0.3 is 0 Å². The van der Waals surface area contributed by atoms with Gasteiger partial charge < -0.3 is 10.6 Å². The van der Waals surface area contributed by atoms with Gasteiger partial charge in [0.1, 0.15) is 12.7 Å². The highest BCUT2D eigenvalue weighted by Gasteiger charge is 2.04. The van der Waals surface area contributed by atoms with Crippen molar-refractivity contribution in [1.29, 1.82) is 5.26 Å². The largest absolute Gasteiger partial charge is 0.395 e. The van der Waals surface area contributed by atoms with Crippen LogP contribution in [0.15, 0.2) is 5.16 Å². The molecule has 5 nitrogen and oxygen atoms in total. The van der Waals surface area contributed by atoms with Crippen LogP contribution < -0.4 is 5.73 Å². The highest BCUT2D eigenvalue weighted by Crippen LogP contribution is 1.83. The van der Waals surface area contributed by atoms with Crippen LogP contribution in [0, 0.1) is 11.3 Å². The molecule has 60 valence electrons. The molecule has 0 radical (unpaired) electrons. The zero-order valence-corrected chi connectivity index (χ0v) is 6.20. The Bertz CT molecular complexity index is 204. The van der Waals surface area contributed by atoms with Crippen molar-refractivity contribution in [2.45, 2.75) is 13.3 Å². The summed E-state index contributed by atoms with van der Waals surface area (Å²) in [5, 5.41) is 11.4. The lowest BCUT2D eigenvalue weighted by Crippen LogP contribution is -2.21. The Morgan fingerprint density at radius 3 is 2.82 bits per heavy atom. The first kappa shape index (κ1) is 9.43. The Hall–Kier alpha value is -1.57. The lowest BCUT2D eigenvalue weighted by molar-refractivity contribution is -0.112. The van der Waals surface area contributed by atoms with Gasteiger partial charge in [-0.1, -0.05) is 12.1 Å². The van der Waals surface area contributed by atoms with Gasteiger partial charge in [0.25, 0.3) is 5.91 Å². The molecule has 1 amide bonds. The molecule has 5 heteroatoms. The molecule has 0 aromatic carbocycles. The van der Waals surface area contributed by atoms with Crippen LogP contribution in [-0.2, 0) is 9.63 Å². The first-order valence-corrected chi connectivity index (χ1v) is 3.12. The molecule has 0 unspecified atom stereocenters. The van der Waals surface area contributed by atoms with E-state index in [9.17, 15) is 4.79 Å². The second-order valence-corrected chi connectivity index (χ2v) is 1.75. The molecule has 0 atom stereocenters. The van der Waals surface area contributed by atoms with E-state index in [0.29, 0.717) is 6.61 Å². The summed E-state index contributed by atoms with van der Waals surface area (Å²) in [6, 6.07) is 1.51. The van der Waals surface area contributed by atoms with Crippen molar-refractivity contribution >= 4 is 11.6 Å². The number of hydrogen-bond donors (Lipinski definition) is 1. The molecule has 0 spiro atoms. The molecule has 0 rings (SSSR count). The average Bonchev–Trinajstić information content (AvgIpc) is 1.97. The first-order valence-electron chi connectivity index (χ1n) is 3.12. The Labute approximate surface area is 64.4 Å². The third kappa shape index (κ3) is 3.92. The Morgan fingerprint density at radius 1 is 1.82 bits per heavy atom. The van der Waals surface area contributed by atoms with Crippen molar-refractivity contribution in [3.8, 4) is 6.07 Å². The quantitative estimate of drug-likeness (QED) is 0.345. The minimum Gasteiger partial charge on any atom is -0.395 e. The molecule has 0 saturated carbocycles. The number of nitrogens with zero attached hydrogens (tertiary/aromatic N) is 2. The summed E-state index contributed by atoms with van der Waals surface area (Å²) in [5.41, 5.74) is 4.35. The van der Waals surface area contributed by atoms with Crippen molar-refractivity contribution in [2.24, 2.45) is 10.9 Å². The summed E-state index contributed by atoms with van der Waals surface area (Å²) < 4.78 is 0. The number of amides is 1. The number of nitriles is 1. The van der Waals surface area contributed by atoms with Gasteiger partial charge in [0, 0.05) is 0 Å². The van der Waals surface area contributed by atoms with Crippen LogP contribution in [0.1, 0.15) is 13.3 Å².